The molecule has 0 saturated carbocycles. The molecule has 3 aromatic rings. The lowest BCUT2D eigenvalue weighted by Crippen LogP contribution is -2.35. The first kappa shape index (κ1) is 22.2. The van der Waals surface area contributed by atoms with E-state index in [0.29, 0.717) is 11.8 Å². The van der Waals surface area contributed by atoms with Gasteiger partial charge in [-0.25, -0.2) is 0 Å². The van der Waals surface area contributed by atoms with E-state index in [-0.39, 0.29) is 11.4 Å². The Morgan fingerprint density at radius 1 is 1.15 bits per heavy atom. The summed E-state index contributed by atoms with van der Waals surface area (Å²) in [5.74, 6) is 0.527. The summed E-state index contributed by atoms with van der Waals surface area (Å²) in [5.41, 5.74) is 3.49. The van der Waals surface area contributed by atoms with E-state index in [2.05, 4.69) is 39.8 Å². The highest BCUT2D eigenvalue weighted by Gasteiger charge is 2.34. The van der Waals surface area contributed by atoms with E-state index in [9.17, 15) is 4.79 Å². The van der Waals surface area contributed by atoms with Crippen molar-refractivity contribution in [1.82, 2.24) is 9.58 Å². The van der Waals surface area contributed by atoms with E-state index in [0.717, 1.165) is 46.6 Å². The zero-order valence-electron chi connectivity index (χ0n) is 19.1. The molecule has 1 N–H and O–H groups in total. The number of fused-ring (bicyclic) bond motifs is 2. The van der Waals surface area contributed by atoms with Gasteiger partial charge >= 0.3 is 0 Å². The summed E-state index contributed by atoms with van der Waals surface area (Å²) in [6, 6.07) is 16.3. The highest BCUT2D eigenvalue weighted by molar-refractivity contribution is 8.26. The predicted octanol–water partition coefficient (Wildman–Crippen LogP) is 5.31. The van der Waals surface area contributed by atoms with Crippen molar-refractivity contribution in [2.24, 2.45) is 10.1 Å². The molecule has 0 aliphatic carbocycles. The molecule has 34 heavy (non-hydrogen) atoms. The molecule has 0 unspecified atom stereocenters. The zero-order valence-corrected chi connectivity index (χ0v) is 19.9. The quantitative estimate of drug-likeness (QED) is 0.374. The first-order valence-corrected chi connectivity index (χ1v) is 12.1. The van der Waals surface area contributed by atoms with Crippen LogP contribution in [0.2, 0.25) is 0 Å². The van der Waals surface area contributed by atoms with Crippen molar-refractivity contribution >= 4 is 50.7 Å². The van der Waals surface area contributed by atoms with Crippen molar-refractivity contribution in [3.8, 4) is 5.75 Å². The Morgan fingerprint density at radius 3 is 2.74 bits per heavy atom. The largest absolute Gasteiger partial charge is 0.494 e. The molecule has 2 aliphatic rings. The van der Waals surface area contributed by atoms with Crippen LogP contribution >= 0.6 is 11.8 Å². The Hall–Kier alpha value is -3.65. The molecule has 5 rings (SSSR count). The van der Waals surface area contributed by atoms with Crippen LogP contribution in [0.15, 0.2) is 70.4 Å². The molecule has 0 fully saturated rings. The fourth-order valence-electron chi connectivity index (χ4n) is 4.06. The fourth-order valence-corrected chi connectivity index (χ4v) is 4.80. The average Bonchev–Trinajstić information content (AvgIpc) is 3.39. The van der Waals surface area contributed by atoms with Crippen LogP contribution in [0.5, 0.6) is 5.75 Å². The monoisotopic (exact) mass is 471 g/mol. The number of carbonyl (C=O) groups is 1. The van der Waals surface area contributed by atoms with Gasteiger partial charge in [-0.05, 0) is 61.4 Å². The van der Waals surface area contributed by atoms with Gasteiger partial charge in [0.2, 0.25) is 5.17 Å². The molecule has 7 nitrogen and oxygen atoms in total. The molecular weight excluding hydrogens is 446 g/mol. The number of hydrogen-bond acceptors (Lipinski definition) is 5. The number of carbonyl (C=O) groups excluding carboxylic acids is 1. The van der Waals surface area contributed by atoms with Gasteiger partial charge in [0.1, 0.15) is 5.75 Å². The predicted molar refractivity (Wildman–Crippen MR) is 139 cm³/mol. The van der Waals surface area contributed by atoms with Gasteiger partial charge in [0.25, 0.3) is 5.91 Å². The number of para-hydroxylation sites is 1. The number of aryl methyl sites for hydroxylation is 2. The maximum atomic E-state index is 12.7. The minimum absolute atomic E-state index is 0.0543. The van der Waals surface area contributed by atoms with E-state index >= 15 is 0 Å². The van der Waals surface area contributed by atoms with Gasteiger partial charge in [-0.15, -0.1) is 0 Å². The molecule has 0 atom stereocenters. The summed E-state index contributed by atoms with van der Waals surface area (Å²) in [7, 11) is 0. The number of benzene rings is 2. The van der Waals surface area contributed by atoms with Crippen LogP contribution in [0.4, 0.5) is 0 Å². The van der Waals surface area contributed by atoms with E-state index in [4.69, 9.17) is 10.1 Å². The Labute approximate surface area is 202 Å². The second kappa shape index (κ2) is 9.30. The molecular formula is C26H25N5O2S. The van der Waals surface area contributed by atoms with Crippen molar-refractivity contribution in [1.29, 1.82) is 5.41 Å². The number of nitrogens with zero attached hydrogens (tertiary/aromatic N) is 4. The van der Waals surface area contributed by atoms with Crippen molar-refractivity contribution in [2.75, 3.05) is 6.61 Å². The normalized spacial score (nSPS) is 16.8. The number of hydrogen-bond donors (Lipinski definition) is 1. The van der Waals surface area contributed by atoms with E-state index in [1.54, 1.807) is 6.08 Å². The summed E-state index contributed by atoms with van der Waals surface area (Å²) in [5, 5.41) is 16.5. The number of nitrogens with one attached hydrogen (secondary N) is 1. The average molecular weight is 472 g/mol. The Bertz CT molecular complexity index is 1370. The summed E-state index contributed by atoms with van der Waals surface area (Å²) in [4.78, 5) is 16.8. The third-order valence-corrected chi connectivity index (χ3v) is 6.64. The van der Waals surface area contributed by atoms with Crippen LogP contribution in [-0.2, 0) is 17.8 Å². The van der Waals surface area contributed by atoms with Crippen LogP contribution in [0.25, 0.3) is 17.0 Å². The van der Waals surface area contributed by atoms with Crippen molar-refractivity contribution in [2.45, 2.75) is 33.2 Å². The highest BCUT2D eigenvalue weighted by Crippen LogP contribution is 2.30. The molecule has 1 aromatic heterocycles. The lowest BCUT2D eigenvalue weighted by atomic mass is 10.1. The molecule has 1 amide bonds. The van der Waals surface area contributed by atoms with E-state index < -0.39 is 5.91 Å². The third-order valence-electron chi connectivity index (χ3n) is 5.82. The number of rotatable bonds is 7. The second-order valence-electron chi connectivity index (χ2n) is 8.13. The standard InChI is InChI=1S/C26H25N5O2S/c1-3-18-9-11-20(12-10-18)33-14-6-13-30-16-19(21-7-4-5-8-23(21)30)15-22-24(27)31-26(28-25(22)32)34-17(2)29-31/h4-5,7-12,15-16,27H,3,6,13-14H2,1-2H3/b22-15-,27-24?. The van der Waals surface area contributed by atoms with Crippen molar-refractivity contribution < 1.29 is 9.53 Å². The molecule has 0 saturated heterocycles. The lowest BCUT2D eigenvalue weighted by molar-refractivity contribution is -0.114. The Morgan fingerprint density at radius 2 is 1.94 bits per heavy atom. The number of aliphatic imine (C=N–C) groups is 1. The summed E-state index contributed by atoms with van der Waals surface area (Å²) in [6.45, 7) is 5.36. The van der Waals surface area contributed by atoms with Crippen LogP contribution in [0.1, 0.15) is 31.4 Å². The number of ether oxygens (including phenoxy) is 1. The third kappa shape index (κ3) is 4.28. The van der Waals surface area contributed by atoms with Gasteiger partial charge in [-0.1, -0.05) is 37.3 Å². The molecule has 0 spiro atoms. The maximum absolute atomic E-state index is 12.7. The van der Waals surface area contributed by atoms with E-state index in [1.165, 1.54) is 22.3 Å². The lowest BCUT2D eigenvalue weighted by Gasteiger charge is -2.20. The van der Waals surface area contributed by atoms with Crippen LogP contribution in [0, 0.1) is 5.41 Å². The Kier molecular flexibility index (Phi) is 6.06. The smallest absolute Gasteiger partial charge is 0.283 e. The topological polar surface area (TPSA) is 83.0 Å². The van der Waals surface area contributed by atoms with Gasteiger partial charge in [-0.3, -0.25) is 10.2 Å². The van der Waals surface area contributed by atoms with Crippen molar-refractivity contribution in [3.05, 3.63) is 71.4 Å². The number of amides is 1. The van der Waals surface area contributed by atoms with Gasteiger partial charge in [0.05, 0.1) is 17.2 Å². The number of thioether (sulfide) groups is 1. The van der Waals surface area contributed by atoms with Crippen LogP contribution in [0.3, 0.4) is 0 Å². The second-order valence-corrected chi connectivity index (χ2v) is 9.29. The number of amidine groups is 2. The van der Waals surface area contributed by atoms with Crippen LogP contribution < -0.4 is 4.74 Å². The minimum Gasteiger partial charge on any atom is -0.494 e. The van der Waals surface area contributed by atoms with Crippen molar-refractivity contribution in [3.63, 3.8) is 0 Å². The molecule has 2 aromatic carbocycles. The van der Waals surface area contributed by atoms with Gasteiger partial charge in [-0.2, -0.15) is 15.1 Å². The minimum atomic E-state index is -0.409. The summed E-state index contributed by atoms with van der Waals surface area (Å²) >= 11 is 1.30. The SMILES string of the molecule is CCc1ccc(OCCCn2cc(/C=C3/C(=N)N4N=C(C)SC4=NC3=O)c3ccccc32)cc1. The summed E-state index contributed by atoms with van der Waals surface area (Å²) < 4.78 is 8.08. The molecule has 8 heteroatoms. The van der Waals surface area contributed by atoms with Gasteiger partial charge in [0, 0.05) is 29.2 Å². The maximum Gasteiger partial charge on any atom is 0.283 e. The first-order valence-electron chi connectivity index (χ1n) is 11.3. The Balaban J connectivity index is 1.34. The van der Waals surface area contributed by atoms with Crippen LogP contribution in [-0.4, -0.2) is 38.1 Å². The number of hydrazone groups is 1. The van der Waals surface area contributed by atoms with E-state index in [1.807, 2.05) is 43.5 Å². The highest BCUT2D eigenvalue weighted by atomic mass is 32.2. The van der Waals surface area contributed by atoms with Gasteiger partial charge in [0.15, 0.2) is 5.84 Å². The summed E-state index contributed by atoms with van der Waals surface area (Å²) in [6.07, 6.45) is 5.64. The molecule has 172 valence electrons. The molecule has 0 bridgehead atoms. The molecule has 0 radical (unpaired) electrons. The molecule has 2 aliphatic heterocycles. The molecule has 3 heterocycles. The number of aromatic nitrogens is 1. The van der Waals surface area contributed by atoms with Gasteiger partial charge < -0.3 is 9.30 Å². The first-order chi connectivity index (χ1) is 16.5. The zero-order chi connectivity index (χ0) is 23.7. The fraction of sp³-hybridized carbons (Fsp3) is 0.231.